The lowest BCUT2D eigenvalue weighted by molar-refractivity contribution is 0.0736. The summed E-state index contributed by atoms with van der Waals surface area (Å²) in [4.78, 5) is 12.6. The topological polar surface area (TPSA) is 26.3 Å². The minimum Gasteiger partial charge on any atom is -0.422 e. The Balaban J connectivity index is 1.52. The summed E-state index contributed by atoms with van der Waals surface area (Å²) in [6, 6.07) is 17.7. The molecule has 0 unspecified atom stereocenters. The number of fused-ring (bicyclic) bond motifs is 3. The number of ether oxygens (including phenoxy) is 1. The van der Waals surface area contributed by atoms with Gasteiger partial charge in [-0.25, -0.2) is 9.18 Å². The summed E-state index contributed by atoms with van der Waals surface area (Å²) in [6.45, 7) is 0. The highest BCUT2D eigenvalue weighted by atomic mass is 79.9. The van der Waals surface area contributed by atoms with E-state index in [1.54, 1.807) is 12.1 Å². The normalized spacial score (nSPS) is 11.5. The predicted molar refractivity (Wildman–Crippen MR) is 121 cm³/mol. The van der Waals surface area contributed by atoms with Crippen molar-refractivity contribution in [3.8, 4) is 5.75 Å². The fourth-order valence-electron chi connectivity index (χ4n) is 3.17. The number of halogens is 3. The molecule has 0 bridgehead atoms. The van der Waals surface area contributed by atoms with Crippen molar-refractivity contribution in [2.24, 2.45) is 0 Å². The van der Waals surface area contributed by atoms with E-state index in [1.807, 2.05) is 24.3 Å². The number of thiophene rings is 2. The van der Waals surface area contributed by atoms with Crippen molar-refractivity contribution in [1.82, 2.24) is 0 Å². The van der Waals surface area contributed by atoms with Gasteiger partial charge in [0.2, 0.25) is 0 Å². The summed E-state index contributed by atoms with van der Waals surface area (Å²) in [5.41, 5.74) is 0. The van der Waals surface area contributed by atoms with Crippen LogP contribution in [0.25, 0.3) is 31.6 Å². The van der Waals surface area contributed by atoms with Gasteiger partial charge in [0.05, 0.1) is 17.7 Å². The van der Waals surface area contributed by atoms with Gasteiger partial charge in [0, 0.05) is 0 Å². The standard InChI is InChI=1S/C21H9Br2FO2S2/c22-19-15-16(24)18(27-17(15)20(23)28-19)21(25)26-14-6-5-12-7-10-3-1-2-4-11(10)8-13(12)9-14/h1-9H. The van der Waals surface area contributed by atoms with Crippen LogP contribution in [0, 0.1) is 5.82 Å². The first-order chi connectivity index (χ1) is 13.5. The van der Waals surface area contributed by atoms with Crippen LogP contribution in [0.3, 0.4) is 0 Å². The van der Waals surface area contributed by atoms with Gasteiger partial charge in [-0.05, 0) is 77.7 Å². The summed E-state index contributed by atoms with van der Waals surface area (Å²) in [7, 11) is 0. The smallest absolute Gasteiger partial charge is 0.356 e. The molecule has 0 aliphatic heterocycles. The van der Waals surface area contributed by atoms with E-state index in [-0.39, 0.29) is 4.88 Å². The van der Waals surface area contributed by atoms with Gasteiger partial charge in [-0.15, -0.1) is 22.7 Å². The molecule has 28 heavy (non-hydrogen) atoms. The maximum atomic E-state index is 14.7. The zero-order chi connectivity index (χ0) is 19.4. The van der Waals surface area contributed by atoms with Crippen molar-refractivity contribution < 1.29 is 13.9 Å². The molecular formula is C21H9Br2FO2S2. The van der Waals surface area contributed by atoms with Gasteiger partial charge >= 0.3 is 5.97 Å². The van der Waals surface area contributed by atoms with Crippen molar-refractivity contribution in [3.63, 3.8) is 0 Å². The summed E-state index contributed by atoms with van der Waals surface area (Å²) >= 11 is 9.23. The largest absolute Gasteiger partial charge is 0.422 e. The fraction of sp³-hybridized carbons (Fsp3) is 0. The maximum absolute atomic E-state index is 14.7. The van der Waals surface area contributed by atoms with E-state index < -0.39 is 11.8 Å². The van der Waals surface area contributed by atoms with E-state index in [2.05, 4.69) is 50.1 Å². The zero-order valence-electron chi connectivity index (χ0n) is 14.0. The van der Waals surface area contributed by atoms with Crippen molar-refractivity contribution in [3.05, 3.63) is 72.9 Å². The van der Waals surface area contributed by atoms with Gasteiger partial charge in [0.1, 0.15) is 10.6 Å². The van der Waals surface area contributed by atoms with Crippen molar-refractivity contribution in [2.75, 3.05) is 0 Å². The SMILES string of the molecule is O=C(Oc1ccc2cc3ccccc3cc2c1)c1sc2c(Br)sc(Br)c2c1F. The number of carbonyl (C=O) groups excluding carboxylic acids is 1. The van der Waals surface area contributed by atoms with Crippen LogP contribution >= 0.6 is 54.5 Å². The maximum Gasteiger partial charge on any atom is 0.356 e. The Morgan fingerprint density at radius 1 is 0.857 bits per heavy atom. The Hall–Kier alpha value is -1.80. The van der Waals surface area contributed by atoms with Crippen LogP contribution in [0.5, 0.6) is 5.75 Å². The fourth-order valence-corrected chi connectivity index (χ4v) is 7.59. The molecule has 5 rings (SSSR count). The Labute approximate surface area is 183 Å². The lowest BCUT2D eigenvalue weighted by Gasteiger charge is -2.06. The van der Waals surface area contributed by atoms with Gasteiger partial charge in [-0.1, -0.05) is 30.3 Å². The van der Waals surface area contributed by atoms with Crippen molar-refractivity contribution >= 4 is 92.1 Å². The Bertz CT molecular complexity index is 1400. The quantitative estimate of drug-likeness (QED) is 0.129. The van der Waals surface area contributed by atoms with Crippen LogP contribution in [-0.4, -0.2) is 5.97 Å². The molecule has 0 fully saturated rings. The predicted octanol–water partition coefficient (Wildman–Crippen LogP) is 8.15. The molecule has 2 aromatic heterocycles. The second-order valence-electron chi connectivity index (χ2n) is 6.20. The van der Waals surface area contributed by atoms with Crippen LogP contribution < -0.4 is 4.74 Å². The minimum atomic E-state index is -0.692. The number of benzene rings is 3. The van der Waals surface area contributed by atoms with Crippen LogP contribution in [0.2, 0.25) is 0 Å². The molecule has 0 radical (unpaired) electrons. The highest BCUT2D eigenvalue weighted by Gasteiger charge is 2.25. The summed E-state index contributed by atoms with van der Waals surface area (Å²) < 4.78 is 22.4. The van der Waals surface area contributed by atoms with Gasteiger partial charge in [0.15, 0.2) is 5.82 Å². The molecular weight excluding hydrogens is 527 g/mol. The average Bonchev–Trinajstić information content (AvgIpc) is 3.17. The van der Waals surface area contributed by atoms with Crippen LogP contribution in [0.15, 0.2) is 62.2 Å². The number of hydrogen-bond acceptors (Lipinski definition) is 4. The highest BCUT2D eigenvalue weighted by molar-refractivity contribution is 9.12. The molecule has 0 saturated carbocycles. The average molecular weight is 536 g/mol. The lowest BCUT2D eigenvalue weighted by Crippen LogP contribution is -2.08. The second-order valence-corrected chi connectivity index (χ2v) is 10.9. The third-order valence-electron chi connectivity index (χ3n) is 4.48. The first kappa shape index (κ1) is 18.2. The lowest BCUT2D eigenvalue weighted by atomic mass is 10.0. The number of esters is 1. The molecule has 0 saturated heterocycles. The molecule has 0 amide bonds. The molecule has 5 aromatic rings. The Kier molecular flexibility index (Phi) is 4.50. The zero-order valence-corrected chi connectivity index (χ0v) is 18.8. The number of hydrogen-bond donors (Lipinski definition) is 0. The van der Waals surface area contributed by atoms with E-state index in [4.69, 9.17) is 4.74 Å². The monoisotopic (exact) mass is 534 g/mol. The van der Waals surface area contributed by atoms with E-state index in [9.17, 15) is 9.18 Å². The third-order valence-corrected chi connectivity index (χ3v) is 8.56. The number of rotatable bonds is 2. The Morgan fingerprint density at radius 2 is 1.54 bits per heavy atom. The molecule has 3 aromatic carbocycles. The first-order valence-electron chi connectivity index (χ1n) is 8.22. The van der Waals surface area contributed by atoms with Gasteiger partial charge in [-0.2, -0.15) is 0 Å². The molecule has 0 spiro atoms. The van der Waals surface area contributed by atoms with Crippen LogP contribution in [0.1, 0.15) is 9.67 Å². The summed E-state index contributed by atoms with van der Waals surface area (Å²) in [5.74, 6) is -0.852. The molecule has 138 valence electrons. The molecule has 0 N–H and O–H groups in total. The molecule has 2 nitrogen and oxygen atoms in total. The van der Waals surface area contributed by atoms with E-state index in [0.29, 0.717) is 19.6 Å². The van der Waals surface area contributed by atoms with Gasteiger partial charge in [-0.3, -0.25) is 0 Å². The molecule has 2 heterocycles. The minimum absolute atomic E-state index is 0.0298. The van der Waals surface area contributed by atoms with E-state index in [1.165, 1.54) is 11.3 Å². The van der Waals surface area contributed by atoms with Crippen LogP contribution in [-0.2, 0) is 0 Å². The molecule has 0 atom stereocenters. The molecule has 0 aliphatic rings. The van der Waals surface area contributed by atoms with Gasteiger partial charge < -0.3 is 4.74 Å². The number of carbonyl (C=O) groups is 1. The van der Waals surface area contributed by atoms with Crippen molar-refractivity contribution in [2.45, 2.75) is 0 Å². The van der Waals surface area contributed by atoms with Crippen molar-refractivity contribution in [1.29, 1.82) is 0 Å². The first-order valence-corrected chi connectivity index (χ1v) is 11.4. The van der Waals surface area contributed by atoms with E-state index >= 15 is 0 Å². The van der Waals surface area contributed by atoms with Crippen LogP contribution in [0.4, 0.5) is 4.39 Å². The van der Waals surface area contributed by atoms with E-state index in [0.717, 1.165) is 36.7 Å². The third kappa shape index (κ3) is 2.97. The molecule has 0 aliphatic carbocycles. The highest BCUT2D eigenvalue weighted by Crippen LogP contribution is 2.45. The summed E-state index contributed by atoms with van der Waals surface area (Å²) in [6.07, 6.45) is 0. The Morgan fingerprint density at radius 3 is 2.25 bits per heavy atom. The van der Waals surface area contributed by atoms with Gasteiger partial charge in [0.25, 0.3) is 0 Å². The second kappa shape index (κ2) is 6.91. The molecule has 7 heteroatoms. The summed E-state index contributed by atoms with van der Waals surface area (Å²) in [5, 5.41) is 4.68.